The number of imide groups is 2. The van der Waals surface area contributed by atoms with Crippen LogP contribution in [0, 0.1) is 0 Å². The molecule has 0 spiro atoms. The van der Waals surface area contributed by atoms with Gasteiger partial charge in [-0.3, -0.25) is 34.1 Å². The average Bonchev–Trinajstić information content (AvgIpc) is 3.58. The lowest BCUT2D eigenvalue weighted by molar-refractivity contribution is -0.136. The first-order valence-corrected chi connectivity index (χ1v) is 15.2. The summed E-state index contributed by atoms with van der Waals surface area (Å²) < 4.78 is 1.97. The van der Waals surface area contributed by atoms with Crippen molar-refractivity contribution < 1.29 is 19.2 Å². The van der Waals surface area contributed by atoms with E-state index in [9.17, 15) is 19.2 Å². The molecule has 11 nitrogen and oxygen atoms in total. The van der Waals surface area contributed by atoms with Crippen molar-refractivity contribution in [1.29, 1.82) is 0 Å². The molecule has 2 aliphatic heterocycles. The number of hydrogen-bond acceptors (Lipinski definition) is 8. The van der Waals surface area contributed by atoms with Crippen molar-refractivity contribution in [2.24, 2.45) is 0 Å². The van der Waals surface area contributed by atoms with Crippen LogP contribution >= 0.6 is 0 Å². The lowest BCUT2D eigenvalue weighted by Gasteiger charge is -2.27. The maximum absolute atomic E-state index is 13.0. The van der Waals surface area contributed by atoms with Gasteiger partial charge in [-0.2, -0.15) is 5.10 Å². The summed E-state index contributed by atoms with van der Waals surface area (Å²) in [6, 6.07) is 12.0. The Morgan fingerprint density at radius 2 is 1.68 bits per heavy atom. The maximum Gasteiger partial charge on any atom is 0.262 e. The molecule has 1 fully saturated rings. The summed E-state index contributed by atoms with van der Waals surface area (Å²) in [6.45, 7) is 5.80. The third kappa shape index (κ3) is 5.82. The smallest absolute Gasteiger partial charge is 0.262 e. The summed E-state index contributed by atoms with van der Waals surface area (Å²) in [7, 11) is 0. The molecule has 0 saturated carbocycles. The molecule has 11 heteroatoms. The normalized spacial score (nSPS) is 16.6. The number of hydrogen-bond donors (Lipinski definition) is 2. The average molecular weight is 594 g/mol. The number of nitrogens with zero attached hydrogens (tertiary/aromatic N) is 5. The fourth-order valence-electron chi connectivity index (χ4n) is 5.80. The Hall–Kier alpha value is -4.93. The molecule has 1 saturated heterocycles. The molecule has 2 aromatic heterocycles. The van der Waals surface area contributed by atoms with E-state index in [4.69, 9.17) is 9.97 Å². The van der Waals surface area contributed by atoms with Crippen LogP contribution in [0.5, 0.6) is 0 Å². The summed E-state index contributed by atoms with van der Waals surface area (Å²) in [5, 5.41) is 10.1. The zero-order chi connectivity index (χ0) is 30.8. The Balaban J connectivity index is 0.969. The minimum atomic E-state index is -0.963. The fourth-order valence-corrected chi connectivity index (χ4v) is 5.80. The van der Waals surface area contributed by atoms with Crippen LogP contribution in [0.3, 0.4) is 0 Å². The largest absolute Gasteiger partial charge is 0.385 e. The standard InChI is InChI=1S/C33H35N7O4/c1-20(2)29-30(37-26-10-6-5-9-25(26)36-29)21-18-35-39(19-21)16-8-4-3-7-15-34-22-11-12-23-24(17-22)33(44)40(32(23)43)27-13-14-28(41)38-31(27)42/h5-6,9-12,17-20,27,34H,3-4,7-8,13-16H2,1-2H3,(H,38,41,42). The number of fused-ring (bicyclic) bond motifs is 2. The summed E-state index contributed by atoms with van der Waals surface area (Å²) >= 11 is 0. The molecule has 44 heavy (non-hydrogen) atoms. The molecule has 2 aromatic carbocycles. The topological polar surface area (TPSA) is 139 Å². The van der Waals surface area contributed by atoms with E-state index in [1.807, 2.05) is 41.3 Å². The van der Waals surface area contributed by atoms with Crippen LogP contribution in [0.1, 0.15) is 84.7 Å². The van der Waals surface area contributed by atoms with Crippen molar-refractivity contribution in [2.75, 3.05) is 11.9 Å². The van der Waals surface area contributed by atoms with Gasteiger partial charge in [0.2, 0.25) is 11.8 Å². The predicted octanol–water partition coefficient (Wildman–Crippen LogP) is 4.69. The van der Waals surface area contributed by atoms with Crippen molar-refractivity contribution in [3.05, 3.63) is 71.7 Å². The molecule has 1 unspecified atom stereocenters. The van der Waals surface area contributed by atoms with E-state index in [0.29, 0.717) is 0 Å². The van der Waals surface area contributed by atoms with Gasteiger partial charge in [-0.25, -0.2) is 9.97 Å². The molecule has 6 rings (SSSR count). The van der Waals surface area contributed by atoms with E-state index in [0.717, 1.165) is 77.3 Å². The Bertz CT molecular complexity index is 1760. The molecule has 4 amide bonds. The van der Waals surface area contributed by atoms with Gasteiger partial charge in [0.25, 0.3) is 11.8 Å². The molecular weight excluding hydrogens is 558 g/mol. The Kier molecular flexibility index (Phi) is 8.19. The number of benzene rings is 2. The van der Waals surface area contributed by atoms with Gasteiger partial charge in [-0.1, -0.05) is 38.8 Å². The summed E-state index contributed by atoms with van der Waals surface area (Å²) in [5.41, 5.74) is 5.92. The molecule has 2 N–H and O–H groups in total. The number of nitrogens with one attached hydrogen (secondary N) is 2. The lowest BCUT2D eigenvalue weighted by atomic mass is 10.0. The van der Waals surface area contributed by atoms with Gasteiger partial charge in [-0.05, 0) is 55.5 Å². The second-order valence-electron chi connectivity index (χ2n) is 11.6. The number of piperidine rings is 1. The van der Waals surface area contributed by atoms with Crippen molar-refractivity contribution in [2.45, 2.75) is 70.9 Å². The highest BCUT2D eigenvalue weighted by Crippen LogP contribution is 2.30. The van der Waals surface area contributed by atoms with Gasteiger partial charge in [0.05, 0.1) is 39.7 Å². The van der Waals surface area contributed by atoms with E-state index in [1.165, 1.54) is 0 Å². The fraction of sp³-hybridized carbons (Fsp3) is 0.364. The lowest BCUT2D eigenvalue weighted by Crippen LogP contribution is -2.54. The number of carbonyl (C=O) groups excluding carboxylic acids is 4. The van der Waals surface area contributed by atoms with Crippen molar-refractivity contribution in [1.82, 2.24) is 30.0 Å². The molecule has 4 aromatic rings. The van der Waals surface area contributed by atoms with Crippen LogP contribution in [0.4, 0.5) is 5.69 Å². The second kappa shape index (κ2) is 12.4. The summed E-state index contributed by atoms with van der Waals surface area (Å²) in [5.74, 6) is -1.76. The first kappa shape index (κ1) is 29.2. The molecule has 0 aliphatic carbocycles. The van der Waals surface area contributed by atoms with Gasteiger partial charge >= 0.3 is 0 Å². The molecule has 0 radical (unpaired) electrons. The van der Waals surface area contributed by atoms with Crippen LogP contribution in [-0.2, 0) is 16.1 Å². The second-order valence-corrected chi connectivity index (χ2v) is 11.6. The van der Waals surface area contributed by atoms with Gasteiger partial charge in [0, 0.05) is 37.0 Å². The van der Waals surface area contributed by atoms with Crippen LogP contribution in [0.15, 0.2) is 54.9 Å². The van der Waals surface area contributed by atoms with Crippen LogP contribution in [0.25, 0.3) is 22.3 Å². The summed E-state index contributed by atoms with van der Waals surface area (Å²) in [6.07, 6.45) is 8.16. The third-order valence-electron chi connectivity index (χ3n) is 8.13. The van der Waals surface area contributed by atoms with E-state index < -0.39 is 29.7 Å². The van der Waals surface area contributed by atoms with E-state index >= 15 is 0 Å². The van der Waals surface area contributed by atoms with Crippen LogP contribution in [0.2, 0.25) is 0 Å². The first-order chi connectivity index (χ1) is 21.3. The number of rotatable bonds is 11. The van der Waals surface area contributed by atoms with E-state index in [2.05, 4.69) is 29.6 Å². The number of aryl methyl sites for hydroxylation is 1. The Labute approximate surface area is 255 Å². The highest BCUT2D eigenvalue weighted by molar-refractivity contribution is 6.23. The van der Waals surface area contributed by atoms with Crippen molar-refractivity contribution in [3.8, 4) is 11.3 Å². The van der Waals surface area contributed by atoms with Crippen molar-refractivity contribution >= 4 is 40.3 Å². The minimum Gasteiger partial charge on any atom is -0.385 e. The number of carbonyl (C=O) groups is 4. The number of aromatic nitrogens is 4. The van der Waals surface area contributed by atoms with Crippen molar-refractivity contribution in [3.63, 3.8) is 0 Å². The predicted molar refractivity (Wildman–Crippen MR) is 165 cm³/mol. The molecule has 226 valence electrons. The van der Waals surface area contributed by atoms with Gasteiger partial charge in [0.1, 0.15) is 6.04 Å². The number of unbranched alkanes of at least 4 members (excludes halogenated alkanes) is 3. The zero-order valence-corrected chi connectivity index (χ0v) is 24.9. The minimum absolute atomic E-state index is 0.0965. The molecule has 1 atom stereocenters. The van der Waals surface area contributed by atoms with Gasteiger partial charge in [0.15, 0.2) is 0 Å². The Morgan fingerprint density at radius 1 is 0.932 bits per heavy atom. The molecular formula is C33H35N7O4. The highest BCUT2D eigenvalue weighted by atomic mass is 16.2. The van der Waals surface area contributed by atoms with Crippen LogP contribution < -0.4 is 10.6 Å². The third-order valence-corrected chi connectivity index (χ3v) is 8.13. The van der Waals surface area contributed by atoms with Crippen LogP contribution in [-0.4, -0.2) is 60.9 Å². The monoisotopic (exact) mass is 593 g/mol. The van der Waals surface area contributed by atoms with Gasteiger partial charge < -0.3 is 5.32 Å². The van der Waals surface area contributed by atoms with Gasteiger partial charge in [-0.15, -0.1) is 0 Å². The quantitative estimate of drug-likeness (QED) is 0.189. The SMILES string of the molecule is CC(C)c1nc2ccccc2nc1-c1cnn(CCCCCCNc2ccc3c(c2)C(=O)N(C2CCC(=O)NC2=O)C3=O)c1. The van der Waals surface area contributed by atoms with E-state index in [1.54, 1.807) is 18.2 Å². The molecule has 4 heterocycles. The summed E-state index contributed by atoms with van der Waals surface area (Å²) in [4.78, 5) is 60.4. The maximum atomic E-state index is 13.0. The first-order valence-electron chi connectivity index (χ1n) is 15.2. The number of anilines is 1. The highest BCUT2D eigenvalue weighted by Gasteiger charge is 2.44. The number of para-hydroxylation sites is 2. The molecule has 2 aliphatic rings. The Morgan fingerprint density at radius 3 is 2.45 bits per heavy atom. The van der Waals surface area contributed by atoms with E-state index in [-0.39, 0.29) is 29.9 Å². The zero-order valence-electron chi connectivity index (χ0n) is 24.9. The molecule has 0 bridgehead atoms. The number of amides is 4.